The van der Waals surface area contributed by atoms with E-state index in [2.05, 4.69) is 10.2 Å². The van der Waals surface area contributed by atoms with Gasteiger partial charge in [0.25, 0.3) is 0 Å². The molecule has 5 aliphatic rings. The number of hydrogen-bond acceptors (Lipinski definition) is 3. The highest BCUT2D eigenvalue weighted by Crippen LogP contribution is 2.55. The Labute approximate surface area is 117 Å². The summed E-state index contributed by atoms with van der Waals surface area (Å²) in [6, 6.07) is 0.899. The minimum absolute atomic E-state index is 0.413. The zero-order chi connectivity index (χ0) is 12.8. The fraction of sp³-hybridized carbons (Fsp3) is 1.00. The Morgan fingerprint density at radius 2 is 1.74 bits per heavy atom. The zero-order valence-corrected chi connectivity index (χ0v) is 12.2. The van der Waals surface area contributed by atoms with Gasteiger partial charge in [-0.1, -0.05) is 0 Å². The van der Waals surface area contributed by atoms with Crippen LogP contribution in [0.25, 0.3) is 0 Å². The van der Waals surface area contributed by atoms with E-state index in [4.69, 9.17) is 4.74 Å². The Kier molecular flexibility index (Phi) is 3.33. The first-order chi connectivity index (χ1) is 9.33. The summed E-state index contributed by atoms with van der Waals surface area (Å²) in [5.74, 6) is 4.22. The summed E-state index contributed by atoms with van der Waals surface area (Å²) < 4.78 is 5.89. The summed E-state index contributed by atoms with van der Waals surface area (Å²) in [7, 11) is 2.03. The van der Waals surface area contributed by atoms with Crippen molar-refractivity contribution < 1.29 is 4.74 Å². The summed E-state index contributed by atoms with van der Waals surface area (Å²) in [6.07, 6.45) is 8.11. The molecule has 0 amide bonds. The second kappa shape index (κ2) is 5.01. The molecule has 3 heteroatoms. The summed E-state index contributed by atoms with van der Waals surface area (Å²) in [5, 5.41) is 3.27. The van der Waals surface area contributed by atoms with Gasteiger partial charge in [-0.2, -0.15) is 0 Å². The van der Waals surface area contributed by atoms with Crippen LogP contribution in [-0.4, -0.2) is 50.3 Å². The van der Waals surface area contributed by atoms with E-state index >= 15 is 0 Å². The molecule has 0 aromatic heterocycles. The molecule has 4 saturated carbocycles. The number of morpholine rings is 1. The number of ether oxygens (including phenoxy) is 1. The van der Waals surface area contributed by atoms with Crippen LogP contribution in [0.15, 0.2) is 0 Å². The highest BCUT2D eigenvalue weighted by Gasteiger charge is 2.50. The molecule has 0 spiro atoms. The van der Waals surface area contributed by atoms with Crippen molar-refractivity contribution in [2.45, 2.75) is 44.2 Å². The van der Waals surface area contributed by atoms with E-state index in [9.17, 15) is 0 Å². The van der Waals surface area contributed by atoms with Crippen molar-refractivity contribution in [3.8, 4) is 0 Å². The molecule has 0 aromatic carbocycles. The van der Waals surface area contributed by atoms with Crippen molar-refractivity contribution in [1.29, 1.82) is 0 Å². The quantitative estimate of drug-likeness (QED) is 0.840. The minimum atomic E-state index is 0.413. The lowest BCUT2D eigenvalue weighted by Gasteiger charge is -2.58. The SMILES string of the molecule is CNCC1CN(C2C3CC4CC(C3)CC2C4)CCO1. The Bertz CT molecular complexity index is 303. The second-order valence-electron chi connectivity index (χ2n) is 7.47. The fourth-order valence-electron chi connectivity index (χ4n) is 5.86. The lowest BCUT2D eigenvalue weighted by Crippen LogP contribution is -2.60. The molecule has 5 fully saturated rings. The number of likely N-dealkylation sites (N-methyl/N-ethyl adjacent to an activating group) is 1. The van der Waals surface area contributed by atoms with Crippen LogP contribution in [0, 0.1) is 23.7 Å². The maximum atomic E-state index is 5.89. The third-order valence-electron chi connectivity index (χ3n) is 6.20. The summed E-state index contributed by atoms with van der Waals surface area (Å²) in [4.78, 5) is 2.80. The van der Waals surface area contributed by atoms with Crippen LogP contribution in [0.3, 0.4) is 0 Å². The summed E-state index contributed by atoms with van der Waals surface area (Å²) in [6.45, 7) is 4.28. The van der Waals surface area contributed by atoms with E-state index in [1.165, 1.54) is 32.2 Å². The van der Waals surface area contributed by atoms with Gasteiger partial charge in [0.1, 0.15) is 0 Å². The molecule has 1 atom stereocenters. The number of nitrogens with zero attached hydrogens (tertiary/aromatic N) is 1. The van der Waals surface area contributed by atoms with Crippen LogP contribution in [0.2, 0.25) is 0 Å². The molecule has 1 heterocycles. The van der Waals surface area contributed by atoms with E-state index < -0.39 is 0 Å². The summed E-state index contributed by atoms with van der Waals surface area (Å²) in [5.41, 5.74) is 0. The average molecular weight is 264 g/mol. The molecule has 19 heavy (non-hydrogen) atoms. The van der Waals surface area contributed by atoms with Gasteiger partial charge in [-0.25, -0.2) is 0 Å². The van der Waals surface area contributed by atoms with Crippen LogP contribution in [-0.2, 0) is 4.74 Å². The monoisotopic (exact) mass is 264 g/mol. The van der Waals surface area contributed by atoms with Gasteiger partial charge < -0.3 is 10.1 Å². The number of rotatable bonds is 3. The molecule has 5 rings (SSSR count). The lowest BCUT2D eigenvalue weighted by molar-refractivity contribution is -0.110. The average Bonchev–Trinajstić information content (AvgIpc) is 2.38. The van der Waals surface area contributed by atoms with E-state index in [-0.39, 0.29) is 0 Å². The molecule has 4 aliphatic carbocycles. The van der Waals surface area contributed by atoms with Gasteiger partial charge in [0, 0.05) is 25.7 Å². The van der Waals surface area contributed by atoms with Crippen LogP contribution >= 0.6 is 0 Å². The Morgan fingerprint density at radius 3 is 2.37 bits per heavy atom. The molecule has 1 aliphatic heterocycles. The van der Waals surface area contributed by atoms with Crippen molar-refractivity contribution in [3.05, 3.63) is 0 Å². The van der Waals surface area contributed by atoms with Crippen molar-refractivity contribution in [2.75, 3.05) is 33.3 Å². The zero-order valence-electron chi connectivity index (χ0n) is 12.2. The fourth-order valence-corrected chi connectivity index (χ4v) is 5.86. The smallest absolute Gasteiger partial charge is 0.0826 e. The van der Waals surface area contributed by atoms with Gasteiger partial charge in [0.2, 0.25) is 0 Å². The van der Waals surface area contributed by atoms with Gasteiger partial charge in [-0.3, -0.25) is 4.90 Å². The van der Waals surface area contributed by atoms with E-state index in [1.807, 2.05) is 7.05 Å². The molecule has 0 radical (unpaired) electrons. The van der Waals surface area contributed by atoms with Gasteiger partial charge in [-0.15, -0.1) is 0 Å². The van der Waals surface area contributed by atoms with E-state index in [0.29, 0.717) is 6.10 Å². The van der Waals surface area contributed by atoms with Crippen LogP contribution in [0.4, 0.5) is 0 Å². The first kappa shape index (κ1) is 12.6. The standard InChI is InChI=1S/C16H28N2O/c1-17-9-15-10-18(2-3-19-15)16-13-5-11-4-12(7-13)8-14(16)6-11/h11-17H,2-10H2,1H3. The van der Waals surface area contributed by atoms with Crippen molar-refractivity contribution in [3.63, 3.8) is 0 Å². The molecule has 4 bridgehead atoms. The second-order valence-corrected chi connectivity index (χ2v) is 7.47. The van der Waals surface area contributed by atoms with E-state index in [1.54, 1.807) is 6.42 Å². The van der Waals surface area contributed by atoms with Crippen molar-refractivity contribution in [1.82, 2.24) is 10.2 Å². The topological polar surface area (TPSA) is 24.5 Å². The Hall–Kier alpha value is -0.120. The van der Waals surface area contributed by atoms with Gasteiger partial charge in [-0.05, 0) is 62.8 Å². The maximum absolute atomic E-state index is 5.89. The Morgan fingerprint density at radius 1 is 1.05 bits per heavy atom. The summed E-state index contributed by atoms with van der Waals surface area (Å²) >= 11 is 0. The predicted octanol–water partition coefficient (Wildman–Crippen LogP) is 1.73. The molecule has 1 unspecified atom stereocenters. The van der Waals surface area contributed by atoms with Gasteiger partial charge in [0.15, 0.2) is 0 Å². The number of hydrogen-bond donors (Lipinski definition) is 1. The van der Waals surface area contributed by atoms with Crippen molar-refractivity contribution in [2.24, 2.45) is 23.7 Å². The molecule has 0 aromatic rings. The molecule has 1 saturated heterocycles. The van der Waals surface area contributed by atoms with E-state index in [0.717, 1.165) is 49.4 Å². The highest BCUT2D eigenvalue weighted by atomic mass is 16.5. The van der Waals surface area contributed by atoms with Gasteiger partial charge >= 0.3 is 0 Å². The lowest BCUT2D eigenvalue weighted by atomic mass is 9.54. The molecule has 1 N–H and O–H groups in total. The van der Waals surface area contributed by atoms with Crippen molar-refractivity contribution >= 4 is 0 Å². The maximum Gasteiger partial charge on any atom is 0.0826 e. The third-order valence-corrected chi connectivity index (χ3v) is 6.20. The molecule has 108 valence electrons. The predicted molar refractivity (Wildman–Crippen MR) is 76.1 cm³/mol. The number of nitrogens with one attached hydrogen (secondary N) is 1. The third kappa shape index (κ3) is 2.24. The Balaban J connectivity index is 1.46. The van der Waals surface area contributed by atoms with Gasteiger partial charge in [0.05, 0.1) is 12.7 Å². The van der Waals surface area contributed by atoms with Crippen LogP contribution in [0.1, 0.15) is 32.1 Å². The molecular formula is C16H28N2O. The largest absolute Gasteiger partial charge is 0.374 e. The normalized spacial score (nSPS) is 49.7. The first-order valence-electron chi connectivity index (χ1n) is 8.33. The highest BCUT2D eigenvalue weighted by molar-refractivity contribution is 5.02. The molecular weight excluding hydrogens is 236 g/mol. The first-order valence-corrected chi connectivity index (χ1v) is 8.33. The van der Waals surface area contributed by atoms with Crippen LogP contribution < -0.4 is 5.32 Å². The minimum Gasteiger partial charge on any atom is -0.374 e. The van der Waals surface area contributed by atoms with Crippen LogP contribution in [0.5, 0.6) is 0 Å². The molecule has 3 nitrogen and oxygen atoms in total.